The minimum absolute atomic E-state index is 0.00414. The Morgan fingerprint density at radius 1 is 1.30 bits per heavy atom. The first-order chi connectivity index (χ1) is 12.8. The largest absolute Gasteiger partial charge is 0.480 e. The predicted molar refractivity (Wildman–Crippen MR) is 97.8 cm³/mol. The molecule has 0 aliphatic carbocycles. The van der Waals surface area contributed by atoms with Crippen LogP contribution in [-0.2, 0) is 16.1 Å². The molecular formula is C18H23N5O4. The molecule has 0 radical (unpaired) electrons. The number of rotatable bonds is 5. The molecule has 2 N–H and O–H groups in total. The van der Waals surface area contributed by atoms with Crippen LogP contribution in [-0.4, -0.2) is 75.5 Å². The summed E-state index contributed by atoms with van der Waals surface area (Å²) in [5.41, 5.74) is 1.04. The highest BCUT2D eigenvalue weighted by molar-refractivity contribution is 6.04. The minimum Gasteiger partial charge on any atom is -0.480 e. The zero-order chi connectivity index (χ0) is 19.7. The number of fused-ring (bicyclic) bond motifs is 1. The van der Waals surface area contributed by atoms with Gasteiger partial charge in [-0.3, -0.25) is 14.9 Å². The Labute approximate surface area is 157 Å². The molecule has 144 valence electrons. The van der Waals surface area contributed by atoms with Crippen LogP contribution < -0.4 is 5.32 Å². The molecule has 0 spiro atoms. The molecule has 1 aromatic carbocycles. The number of carbonyl (C=O) groups is 3. The third-order valence-corrected chi connectivity index (χ3v) is 4.72. The van der Waals surface area contributed by atoms with E-state index in [1.807, 2.05) is 49.1 Å². The maximum absolute atomic E-state index is 12.4. The zero-order valence-corrected chi connectivity index (χ0v) is 15.5. The number of carbonyl (C=O) groups excluding carboxylic acids is 2. The van der Waals surface area contributed by atoms with Gasteiger partial charge in [-0.15, -0.1) is 0 Å². The van der Waals surface area contributed by atoms with Gasteiger partial charge in [-0.05, 0) is 19.4 Å². The molecule has 1 saturated heterocycles. The van der Waals surface area contributed by atoms with E-state index in [-0.39, 0.29) is 12.6 Å². The molecule has 0 saturated carbocycles. The van der Waals surface area contributed by atoms with Gasteiger partial charge < -0.3 is 19.8 Å². The summed E-state index contributed by atoms with van der Waals surface area (Å²) in [4.78, 5) is 45.2. The number of nitrogens with zero attached hydrogens (tertiary/aromatic N) is 4. The van der Waals surface area contributed by atoms with Crippen molar-refractivity contribution >= 4 is 23.9 Å². The fourth-order valence-corrected chi connectivity index (χ4v) is 3.33. The first-order valence-electron chi connectivity index (χ1n) is 8.74. The third-order valence-electron chi connectivity index (χ3n) is 4.72. The Kier molecular flexibility index (Phi) is 5.02. The lowest BCUT2D eigenvalue weighted by Crippen LogP contribution is -2.64. The first kappa shape index (κ1) is 18.7. The van der Waals surface area contributed by atoms with Gasteiger partial charge in [-0.1, -0.05) is 30.3 Å². The summed E-state index contributed by atoms with van der Waals surface area (Å²) in [5.74, 6) is -1.20. The van der Waals surface area contributed by atoms with Gasteiger partial charge in [0.05, 0.1) is 0 Å². The topological polar surface area (TPSA) is 106 Å². The summed E-state index contributed by atoms with van der Waals surface area (Å²) in [7, 11) is 1.54. The number of nitrogens with one attached hydrogen (secondary N) is 1. The number of hydrogen-bond acceptors (Lipinski definition) is 6. The van der Waals surface area contributed by atoms with E-state index in [0.29, 0.717) is 12.5 Å². The van der Waals surface area contributed by atoms with Gasteiger partial charge in [0.1, 0.15) is 6.54 Å². The van der Waals surface area contributed by atoms with Crippen LogP contribution >= 0.6 is 0 Å². The number of aliphatic imine (C=N–C) groups is 1. The van der Waals surface area contributed by atoms with Crippen LogP contribution in [0.5, 0.6) is 0 Å². The average molecular weight is 373 g/mol. The lowest BCUT2D eigenvalue weighted by molar-refractivity contribution is -0.139. The lowest BCUT2D eigenvalue weighted by Gasteiger charge is -2.38. The van der Waals surface area contributed by atoms with Crippen molar-refractivity contribution in [1.82, 2.24) is 20.0 Å². The van der Waals surface area contributed by atoms with Gasteiger partial charge in [0, 0.05) is 19.6 Å². The van der Waals surface area contributed by atoms with E-state index in [2.05, 4.69) is 10.3 Å². The molecule has 0 aromatic heterocycles. The molecule has 2 aliphatic rings. The van der Waals surface area contributed by atoms with Crippen molar-refractivity contribution < 1.29 is 19.5 Å². The maximum Gasteiger partial charge on any atom is 0.325 e. The number of guanidine groups is 1. The fraction of sp³-hybridized carbons (Fsp3) is 0.444. The van der Waals surface area contributed by atoms with Gasteiger partial charge in [-0.2, -0.15) is 0 Å². The Morgan fingerprint density at radius 3 is 2.56 bits per heavy atom. The summed E-state index contributed by atoms with van der Waals surface area (Å²) in [6, 6.07) is 8.33. The molecule has 1 fully saturated rings. The van der Waals surface area contributed by atoms with Crippen LogP contribution in [0.1, 0.15) is 19.4 Å². The second kappa shape index (κ2) is 7.26. The van der Waals surface area contributed by atoms with Crippen molar-refractivity contribution in [3.05, 3.63) is 35.9 Å². The Balaban J connectivity index is 1.99. The molecule has 2 heterocycles. The molecule has 2 atom stereocenters. The highest BCUT2D eigenvalue weighted by Crippen LogP contribution is 2.27. The van der Waals surface area contributed by atoms with Crippen molar-refractivity contribution in [2.75, 3.05) is 13.6 Å². The Morgan fingerprint density at radius 2 is 1.96 bits per heavy atom. The number of carboxylic acid groups (broad SMARTS) is 1. The van der Waals surface area contributed by atoms with Crippen LogP contribution in [0.15, 0.2) is 35.3 Å². The standard InChI is InChI=1S/C18H23N5O4/c1-11(2)22(9-12-7-5-4-6-8-12)17-19-15-14(23(17)10-13(24)25)16(26)20-18(27)21(15)3/h4-8,11,14-15H,9-10H2,1-3H3,(H,24,25)(H,20,26,27). The van der Waals surface area contributed by atoms with Crippen LogP contribution in [0.2, 0.25) is 0 Å². The Bertz CT molecular complexity index is 779. The van der Waals surface area contributed by atoms with Gasteiger partial charge >= 0.3 is 12.0 Å². The second-order valence-electron chi connectivity index (χ2n) is 6.92. The van der Waals surface area contributed by atoms with Crippen LogP contribution in [0.25, 0.3) is 0 Å². The molecule has 27 heavy (non-hydrogen) atoms. The van der Waals surface area contributed by atoms with E-state index in [1.165, 1.54) is 9.80 Å². The number of likely N-dealkylation sites (N-methyl/N-ethyl adjacent to an activating group) is 1. The van der Waals surface area contributed by atoms with Crippen molar-refractivity contribution in [1.29, 1.82) is 0 Å². The summed E-state index contributed by atoms with van der Waals surface area (Å²) < 4.78 is 0. The molecule has 0 bridgehead atoms. The molecule has 9 nitrogen and oxygen atoms in total. The molecule has 2 aliphatic heterocycles. The highest BCUT2D eigenvalue weighted by Gasteiger charge is 2.50. The fourth-order valence-electron chi connectivity index (χ4n) is 3.33. The van der Waals surface area contributed by atoms with Gasteiger partial charge in [0.25, 0.3) is 5.91 Å². The quantitative estimate of drug-likeness (QED) is 0.780. The van der Waals surface area contributed by atoms with E-state index in [9.17, 15) is 19.5 Å². The van der Waals surface area contributed by atoms with E-state index < -0.39 is 30.1 Å². The molecule has 3 rings (SSSR count). The van der Waals surface area contributed by atoms with E-state index in [1.54, 1.807) is 7.05 Å². The van der Waals surface area contributed by atoms with Gasteiger partial charge in [0.15, 0.2) is 12.2 Å². The van der Waals surface area contributed by atoms with Crippen LogP contribution in [0.3, 0.4) is 0 Å². The molecule has 3 amide bonds. The number of carboxylic acids is 1. The van der Waals surface area contributed by atoms with Crippen molar-refractivity contribution in [2.24, 2.45) is 4.99 Å². The van der Waals surface area contributed by atoms with Crippen LogP contribution in [0, 0.1) is 0 Å². The van der Waals surface area contributed by atoms with Crippen molar-refractivity contribution in [3.8, 4) is 0 Å². The highest BCUT2D eigenvalue weighted by atomic mass is 16.4. The number of benzene rings is 1. The smallest absolute Gasteiger partial charge is 0.325 e. The second-order valence-corrected chi connectivity index (χ2v) is 6.92. The normalized spacial score (nSPS) is 21.9. The molecular weight excluding hydrogens is 350 g/mol. The van der Waals surface area contributed by atoms with Gasteiger partial charge in [0.2, 0.25) is 5.96 Å². The molecule has 2 unspecified atom stereocenters. The van der Waals surface area contributed by atoms with Crippen LogP contribution in [0.4, 0.5) is 4.79 Å². The number of aliphatic carboxylic acids is 1. The summed E-state index contributed by atoms with van der Waals surface area (Å²) >= 11 is 0. The SMILES string of the molecule is CC(C)N(Cc1ccccc1)C1=NC2C(C(=O)NC(=O)N2C)N1CC(=O)O. The van der Waals surface area contributed by atoms with Crippen molar-refractivity contribution in [2.45, 2.75) is 38.6 Å². The number of amides is 3. The lowest BCUT2D eigenvalue weighted by atomic mass is 10.1. The first-order valence-corrected chi connectivity index (χ1v) is 8.74. The minimum atomic E-state index is -1.07. The Hall–Kier alpha value is -3.10. The number of imide groups is 1. The van der Waals surface area contributed by atoms with E-state index in [0.717, 1.165) is 5.56 Å². The van der Waals surface area contributed by atoms with E-state index >= 15 is 0 Å². The zero-order valence-electron chi connectivity index (χ0n) is 15.5. The number of hydrogen-bond donors (Lipinski definition) is 2. The average Bonchev–Trinajstić information content (AvgIpc) is 2.97. The molecule has 1 aromatic rings. The number of urea groups is 1. The monoisotopic (exact) mass is 373 g/mol. The molecule has 9 heteroatoms. The summed E-state index contributed by atoms with van der Waals surface area (Å²) in [6.45, 7) is 4.07. The maximum atomic E-state index is 12.4. The summed E-state index contributed by atoms with van der Waals surface area (Å²) in [6.07, 6.45) is -0.752. The predicted octanol–water partition coefficient (Wildman–Crippen LogP) is 0.530. The van der Waals surface area contributed by atoms with Crippen molar-refractivity contribution in [3.63, 3.8) is 0 Å². The summed E-state index contributed by atoms with van der Waals surface area (Å²) in [5, 5.41) is 11.6. The third kappa shape index (κ3) is 3.57. The van der Waals surface area contributed by atoms with Gasteiger partial charge in [-0.25, -0.2) is 9.79 Å². The van der Waals surface area contributed by atoms with E-state index in [4.69, 9.17) is 0 Å².